The number of rotatable bonds is 9. The average Bonchev–Trinajstić information content (AvgIpc) is 3.21. The average molecular weight is 366 g/mol. The van der Waals surface area contributed by atoms with Crippen LogP contribution in [0.2, 0.25) is 0 Å². The molecule has 3 rings (SSSR count). The van der Waals surface area contributed by atoms with Gasteiger partial charge in [0.05, 0.1) is 37.8 Å². The van der Waals surface area contributed by atoms with Crippen LogP contribution in [0.5, 0.6) is 5.75 Å². The number of aromatic amines is 1. The number of methoxy groups -OCH3 is 1. The first-order chi connectivity index (χ1) is 13.3. The highest BCUT2D eigenvalue weighted by molar-refractivity contribution is 5.64. The summed E-state index contributed by atoms with van der Waals surface area (Å²) in [5.74, 6) is 1.55. The van der Waals surface area contributed by atoms with Crippen LogP contribution >= 0.6 is 0 Å². The number of nitrogens with one attached hydrogen (secondary N) is 1. The van der Waals surface area contributed by atoms with Crippen molar-refractivity contribution < 1.29 is 14.2 Å². The molecule has 0 amide bonds. The molecule has 1 N–H and O–H groups in total. The first-order valence-corrected chi connectivity index (χ1v) is 8.25. The molecule has 0 saturated carbocycles. The quantitative estimate of drug-likeness (QED) is 0.570. The summed E-state index contributed by atoms with van der Waals surface area (Å²) in [7, 11) is 1.62. The van der Waals surface area contributed by atoms with E-state index in [2.05, 4.69) is 31.4 Å². The zero-order valence-electron chi connectivity index (χ0n) is 14.8. The summed E-state index contributed by atoms with van der Waals surface area (Å²) in [6.45, 7) is 1.80. The second kappa shape index (κ2) is 9.38. The van der Waals surface area contributed by atoms with Crippen molar-refractivity contribution in [3.8, 4) is 34.6 Å². The Morgan fingerprint density at radius 3 is 2.74 bits per heavy atom. The molecule has 0 aliphatic rings. The lowest BCUT2D eigenvalue weighted by molar-refractivity contribution is 0.0544. The van der Waals surface area contributed by atoms with Gasteiger partial charge in [0, 0.05) is 18.2 Å². The summed E-state index contributed by atoms with van der Waals surface area (Å²) in [5.41, 5.74) is 1.89. The third-order valence-corrected chi connectivity index (χ3v) is 3.62. The van der Waals surface area contributed by atoms with E-state index in [1.807, 2.05) is 6.07 Å². The lowest BCUT2D eigenvalue weighted by Gasteiger charge is -2.09. The van der Waals surface area contributed by atoms with Crippen molar-refractivity contribution in [2.75, 3.05) is 33.5 Å². The van der Waals surface area contributed by atoms with E-state index in [0.29, 0.717) is 49.4 Å². The van der Waals surface area contributed by atoms with Crippen LogP contribution in [0.25, 0.3) is 22.8 Å². The summed E-state index contributed by atoms with van der Waals surface area (Å²) < 4.78 is 15.9. The van der Waals surface area contributed by atoms with Gasteiger partial charge in [-0.25, -0.2) is 4.98 Å². The summed E-state index contributed by atoms with van der Waals surface area (Å²) in [6.07, 6.45) is 3.16. The van der Waals surface area contributed by atoms with Gasteiger partial charge in [0.1, 0.15) is 18.4 Å². The van der Waals surface area contributed by atoms with Crippen LogP contribution in [-0.2, 0) is 9.47 Å². The number of hydrogen-bond donors (Lipinski definition) is 1. The zero-order valence-corrected chi connectivity index (χ0v) is 14.8. The molecule has 0 aliphatic heterocycles. The number of aromatic nitrogens is 5. The van der Waals surface area contributed by atoms with Gasteiger partial charge in [0.15, 0.2) is 11.6 Å². The Balaban J connectivity index is 1.68. The van der Waals surface area contributed by atoms with Crippen LogP contribution < -0.4 is 4.74 Å². The Morgan fingerprint density at radius 1 is 1.07 bits per heavy atom. The van der Waals surface area contributed by atoms with E-state index < -0.39 is 0 Å². The second-order valence-electron chi connectivity index (χ2n) is 5.42. The van der Waals surface area contributed by atoms with Crippen molar-refractivity contribution in [2.45, 2.75) is 0 Å². The van der Waals surface area contributed by atoms with Crippen LogP contribution in [0.3, 0.4) is 0 Å². The van der Waals surface area contributed by atoms with E-state index in [0.717, 1.165) is 11.1 Å². The molecule has 2 aromatic heterocycles. The molecule has 0 spiro atoms. The first kappa shape index (κ1) is 18.4. The Bertz CT molecular complexity index is 907. The van der Waals surface area contributed by atoms with Crippen LogP contribution in [-0.4, -0.2) is 58.9 Å². The van der Waals surface area contributed by atoms with Crippen LogP contribution in [0.15, 0.2) is 36.7 Å². The monoisotopic (exact) mass is 366 g/mol. The largest absolute Gasteiger partial charge is 0.490 e. The highest BCUT2D eigenvalue weighted by atomic mass is 16.5. The maximum atomic E-state index is 9.41. The zero-order chi connectivity index (χ0) is 18.9. The SMILES string of the molecule is COCCOCCOc1ccc(-c2nc(-c3ccnnc3)n[nH]2)cc1C#N. The topological polar surface area (TPSA) is 119 Å². The summed E-state index contributed by atoms with van der Waals surface area (Å²) in [6, 6.07) is 9.17. The minimum atomic E-state index is 0.346. The van der Waals surface area contributed by atoms with E-state index in [9.17, 15) is 5.26 Å². The van der Waals surface area contributed by atoms with Gasteiger partial charge in [-0.05, 0) is 24.3 Å². The first-order valence-electron chi connectivity index (χ1n) is 8.25. The summed E-state index contributed by atoms with van der Waals surface area (Å²) in [5, 5.41) is 24.0. The summed E-state index contributed by atoms with van der Waals surface area (Å²) in [4.78, 5) is 4.44. The molecule has 27 heavy (non-hydrogen) atoms. The van der Waals surface area contributed by atoms with E-state index in [1.165, 1.54) is 0 Å². The van der Waals surface area contributed by atoms with Crippen molar-refractivity contribution in [2.24, 2.45) is 0 Å². The van der Waals surface area contributed by atoms with Crippen molar-refractivity contribution in [1.82, 2.24) is 25.4 Å². The number of nitrogens with zero attached hydrogens (tertiary/aromatic N) is 5. The molecular formula is C18H18N6O3. The van der Waals surface area contributed by atoms with Gasteiger partial charge >= 0.3 is 0 Å². The van der Waals surface area contributed by atoms with Gasteiger partial charge in [0.25, 0.3) is 0 Å². The van der Waals surface area contributed by atoms with E-state index in [1.54, 1.807) is 37.7 Å². The van der Waals surface area contributed by atoms with Gasteiger partial charge in [-0.1, -0.05) is 0 Å². The van der Waals surface area contributed by atoms with E-state index >= 15 is 0 Å². The molecular weight excluding hydrogens is 348 g/mol. The van der Waals surface area contributed by atoms with Crippen molar-refractivity contribution >= 4 is 0 Å². The Kier molecular flexibility index (Phi) is 6.40. The predicted molar refractivity (Wildman–Crippen MR) is 95.7 cm³/mol. The van der Waals surface area contributed by atoms with Gasteiger partial charge in [-0.15, -0.1) is 0 Å². The third kappa shape index (κ3) is 4.84. The molecule has 0 unspecified atom stereocenters. The Morgan fingerprint density at radius 2 is 1.96 bits per heavy atom. The molecule has 9 heteroatoms. The highest BCUT2D eigenvalue weighted by Gasteiger charge is 2.11. The molecule has 3 aromatic rings. The van der Waals surface area contributed by atoms with E-state index in [-0.39, 0.29) is 0 Å². The molecule has 0 aliphatic carbocycles. The second-order valence-corrected chi connectivity index (χ2v) is 5.42. The fourth-order valence-corrected chi connectivity index (χ4v) is 2.29. The van der Waals surface area contributed by atoms with Gasteiger partial charge in [-0.3, -0.25) is 5.10 Å². The third-order valence-electron chi connectivity index (χ3n) is 3.62. The number of nitriles is 1. The van der Waals surface area contributed by atoms with Gasteiger partial charge in [0.2, 0.25) is 0 Å². The lowest BCUT2D eigenvalue weighted by atomic mass is 10.1. The fourth-order valence-electron chi connectivity index (χ4n) is 2.29. The highest BCUT2D eigenvalue weighted by Crippen LogP contribution is 2.25. The van der Waals surface area contributed by atoms with Crippen molar-refractivity contribution in [3.63, 3.8) is 0 Å². The van der Waals surface area contributed by atoms with E-state index in [4.69, 9.17) is 14.2 Å². The number of hydrogen-bond acceptors (Lipinski definition) is 8. The van der Waals surface area contributed by atoms with Crippen molar-refractivity contribution in [1.29, 1.82) is 5.26 Å². The minimum absolute atomic E-state index is 0.346. The summed E-state index contributed by atoms with van der Waals surface area (Å²) >= 11 is 0. The molecule has 0 saturated heterocycles. The lowest BCUT2D eigenvalue weighted by Crippen LogP contribution is -2.10. The molecule has 2 heterocycles. The molecule has 9 nitrogen and oxygen atoms in total. The Hall–Kier alpha value is -3.35. The molecule has 1 aromatic carbocycles. The number of benzene rings is 1. The smallest absolute Gasteiger partial charge is 0.183 e. The van der Waals surface area contributed by atoms with Gasteiger partial charge < -0.3 is 14.2 Å². The molecule has 0 fully saturated rings. The van der Waals surface area contributed by atoms with Crippen molar-refractivity contribution in [3.05, 3.63) is 42.2 Å². The van der Waals surface area contributed by atoms with Crippen LogP contribution in [0, 0.1) is 11.3 Å². The molecule has 0 bridgehead atoms. The minimum Gasteiger partial charge on any atom is -0.490 e. The normalized spacial score (nSPS) is 10.5. The maximum absolute atomic E-state index is 9.41. The number of H-pyrrole nitrogens is 1. The number of ether oxygens (including phenoxy) is 3. The van der Waals surface area contributed by atoms with Crippen LogP contribution in [0.1, 0.15) is 5.56 Å². The van der Waals surface area contributed by atoms with Crippen LogP contribution in [0.4, 0.5) is 0 Å². The van der Waals surface area contributed by atoms with Gasteiger partial charge in [-0.2, -0.15) is 20.6 Å². The maximum Gasteiger partial charge on any atom is 0.183 e. The predicted octanol–water partition coefficient (Wildman–Crippen LogP) is 1.84. The Labute approximate surface area is 155 Å². The molecule has 138 valence electrons. The molecule has 0 radical (unpaired) electrons. The fraction of sp³-hybridized carbons (Fsp3) is 0.278. The standard InChI is InChI=1S/C18H18N6O3/c1-25-6-7-26-8-9-27-16-3-2-13(10-15(16)11-19)17-22-18(24-23-17)14-4-5-20-21-12-14/h2-5,10,12H,6-9H2,1H3,(H,22,23,24). The molecule has 0 atom stereocenters.